The number of benzene rings is 3. The van der Waals surface area contributed by atoms with Crippen LogP contribution in [0.3, 0.4) is 0 Å². The molecule has 0 atom stereocenters. The molecule has 6 heteroatoms. The summed E-state index contributed by atoms with van der Waals surface area (Å²) in [6.07, 6.45) is 1.50. The third-order valence-electron chi connectivity index (χ3n) is 5.71. The van der Waals surface area contributed by atoms with E-state index in [1.54, 1.807) is 46.8 Å². The Morgan fingerprint density at radius 3 is 2.03 bits per heavy atom. The van der Waals surface area contributed by atoms with Crippen LogP contribution in [0, 0.1) is 6.92 Å². The highest BCUT2D eigenvalue weighted by Crippen LogP contribution is 2.14. The van der Waals surface area contributed by atoms with E-state index < -0.39 is 0 Å². The van der Waals surface area contributed by atoms with Crippen LogP contribution in [0.15, 0.2) is 101 Å². The predicted octanol–water partition coefficient (Wildman–Crippen LogP) is 4.07. The van der Waals surface area contributed by atoms with Crippen molar-refractivity contribution >= 4 is 17.8 Å². The van der Waals surface area contributed by atoms with E-state index in [0.29, 0.717) is 22.5 Å². The molecule has 1 amide bonds. The van der Waals surface area contributed by atoms with E-state index in [2.05, 4.69) is 5.32 Å². The molecule has 0 unspecified atom stereocenters. The second-order valence-corrected chi connectivity index (χ2v) is 7.93. The first kappa shape index (κ1) is 22.7. The molecule has 0 saturated heterocycles. The number of ketones is 1. The lowest BCUT2D eigenvalue weighted by atomic mass is 10.0. The minimum Gasteiger partial charge on any atom is -0.319 e. The number of aromatic nitrogens is 2. The highest BCUT2D eigenvalue weighted by Gasteiger charge is 2.22. The minimum absolute atomic E-state index is 0.133. The topological polar surface area (TPSA) is 73.1 Å². The van der Waals surface area contributed by atoms with Crippen LogP contribution >= 0.6 is 0 Å². The molecule has 1 heterocycles. The summed E-state index contributed by atoms with van der Waals surface area (Å²) >= 11 is 0. The van der Waals surface area contributed by atoms with Crippen molar-refractivity contribution in [2.45, 2.75) is 13.3 Å². The zero-order chi connectivity index (χ0) is 24.1. The van der Waals surface area contributed by atoms with Gasteiger partial charge in [-0.3, -0.25) is 19.1 Å². The van der Waals surface area contributed by atoms with Crippen LogP contribution in [0.1, 0.15) is 27.2 Å². The van der Waals surface area contributed by atoms with Crippen molar-refractivity contribution < 1.29 is 9.59 Å². The Morgan fingerprint density at radius 1 is 0.853 bits per heavy atom. The number of hydrogen-bond acceptors (Lipinski definition) is 3. The lowest BCUT2D eigenvalue weighted by Crippen LogP contribution is -2.29. The maximum absolute atomic E-state index is 13.4. The van der Waals surface area contributed by atoms with E-state index in [0.717, 1.165) is 5.56 Å². The van der Waals surface area contributed by atoms with Gasteiger partial charge >= 0.3 is 0 Å². The molecule has 0 bridgehead atoms. The van der Waals surface area contributed by atoms with E-state index in [1.165, 1.54) is 0 Å². The van der Waals surface area contributed by atoms with Crippen LogP contribution in [0.5, 0.6) is 0 Å². The number of hydrogen-bond donors (Lipinski definition) is 1. The SMILES string of the molecule is Cc1c(CC(=O)/C(=C\c2ccccc2)NC(=O)c2ccccc2)c(=O)n(-c2ccccc2)n1C. The second kappa shape index (κ2) is 10.0. The van der Waals surface area contributed by atoms with Gasteiger partial charge in [0.1, 0.15) is 0 Å². The van der Waals surface area contributed by atoms with Crippen LogP contribution in [0.2, 0.25) is 0 Å². The van der Waals surface area contributed by atoms with Crippen LogP contribution in [0.25, 0.3) is 11.8 Å². The number of Topliss-reactive ketones (excluding diaryl/α,β-unsaturated/α-hetero) is 1. The van der Waals surface area contributed by atoms with Gasteiger partial charge in [0.2, 0.25) is 0 Å². The molecule has 6 nitrogen and oxygen atoms in total. The van der Waals surface area contributed by atoms with Gasteiger partial charge in [0, 0.05) is 30.3 Å². The van der Waals surface area contributed by atoms with Crippen LogP contribution in [0.4, 0.5) is 0 Å². The Kier molecular flexibility index (Phi) is 6.69. The molecule has 3 aromatic carbocycles. The van der Waals surface area contributed by atoms with Crippen LogP contribution < -0.4 is 10.9 Å². The van der Waals surface area contributed by atoms with Gasteiger partial charge in [-0.05, 0) is 42.8 Å². The average Bonchev–Trinajstić information content (AvgIpc) is 3.08. The van der Waals surface area contributed by atoms with Crippen molar-refractivity contribution in [1.82, 2.24) is 14.7 Å². The number of nitrogens with zero attached hydrogens (tertiary/aromatic N) is 2. The summed E-state index contributed by atoms with van der Waals surface area (Å²) in [4.78, 5) is 39.5. The Balaban J connectivity index is 1.68. The fourth-order valence-corrected chi connectivity index (χ4v) is 3.77. The molecule has 0 aliphatic rings. The number of nitrogens with one attached hydrogen (secondary N) is 1. The first-order valence-corrected chi connectivity index (χ1v) is 10.9. The fourth-order valence-electron chi connectivity index (χ4n) is 3.77. The smallest absolute Gasteiger partial charge is 0.275 e. The van der Waals surface area contributed by atoms with Crippen molar-refractivity contribution in [3.63, 3.8) is 0 Å². The van der Waals surface area contributed by atoms with Crippen LogP contribution in [-0.4, -0.2) is 21.1 Å². The van der Waals surface area contributed by atoms with E-state index in [-0.39, 0.29) is 29.4 Å². The van der Waals surface area contributed by atoms with Crippen molar-refractivity contribution in [2.75, 3.05) is 0 Å². The summed E-state index contributed by atoms with van der Waals surface area (Å²) in [7, 11) is 1.79. The molecule has 0 aliphatic heterocycles. The number of rotatable bonds is 7. The Morgan fingerprint density at radius 2 is 1.41 bits per heavy atom. The molecule has 1 N–H and O–H groups in total. The monoisotopic (exact) mass is 451 g/mol. The summed E-state index contributed by atoms with van der Waals surface area (Å²) in [6.45, 7) is 1.81. The first-order valence-electron chi connectivity index (χ1n) is 10.9. The van der Waals surface area contributed by atoms with Crippen molar-refractivity contribution in [3.8, 4) is 5.69 Å². The molecule has 4 aromatic rings. The maximum Gasteiger partial charge on any atom is 0.275 e. The largest absolute Gasteiger partial charge is 0.319 e. The third kappa shape index (κ3) is 4.81. The summed E-state index contributed by atoms with van der Waals surface area (Å²) < 4.78 is 3.28. The standard InChI is InChI=1S/C28H25N3O3/c1-20-24(28(34)31(30(20)2)23-16-10-5-11-17-23)19-26(32)25(18-21-12-6-3-7-13-21)29-27(33)22-14-8-4-9-15-22/h3-18H,19H2,1-2H3,(H,29,33)/b25-18+. The van der Waals surface area contributed by atoms with E-state index >= 15 is 0 Å². The third-order valence-corrected chi connectivity index (χ3v) is 5.71. The summed E-state index contributed by atoms with van der Waals surface area (Å²) in [5.41, 5.74) is 2.89. The lowest BCUT2D eigenvalue weighted by Gasteiger charge is -2.10. The van der Waals surface area contributed by atoms with Gasteiger partial charge in [-0.1, -0.05) is 66.7 Å². The lowest BCUT2D eigenvalue weighted by molar-refractivity contribution is -0.115. The van der Waals surface area contributed by atoms with E-state index in [9.17, 15) is 14.4 Å². The zero-order valence-electron chi connectivity index (χ0n) is 19.1. The molecular formula is C28H25N3O3. The van der Waals surface area contributed by atoms with Crippen LogP contribution in [-0.2, 0) is 18.3 Å². The molecule has 4 rings (SSSR count). The Labute approximate surface area is 197 Å². The van der Waals surface area contributed by atoms with Gasteiger partial charge in [-0.15, -0.1) is 0 Å². The predicted molar refractivity (Wildman–Crippen MR) is 133 cm³/mol. The molecule has 1 aromatic heterocycles. The molecular weight excluding hydrogens is 426 g/mol. The number of para-hydroxylation sites is 1. The molecule has 0 fully saturated rings. The highest BCUT2D eigenvalue weighted by molar-refractivity contribution is 6.06. The van der Waals surface area contributed by atoms with Crippen molar-refractivity contribution in [1.29, 1.82) is 0 Å². The normalized spacial score (nSPS) is 11.3. The van der Waals surface area contributed by atoms with Gasteiger partial charge < -0.3 is 5.32 Å². The number of amides is 1. The van der Waals surface area contributed by atoms with Gasteiger partial charge in [0.15, 0.2) is 5.78 Å². The molecule has 170 valence electrons. The molecule has 0 radical (unpaired) electrons. The average molecular weight is 452 g/mol. The maximum atomic E-state index is 13.4. The second-order valence-electron chi connectivity index (χ2n) is 7.93. The number of carbonyl (C=O) groups excluding carboxylic acids is 2. The Bertz CT molecular complexity index is 1400. The van der Waals surface area contributed by atoms with Gasteiger partial charge in [0.05, 0.1) is 11.4 Å². The number of allylic oxidation sites excluding steroid dienone is 1. The van der Waals surface area contributed by atoms with E-state index in [4.69, 9.17) is 0 Å². The molecule has 0 spiro atoms. The van der Waals surface area contributed by atoms with Crippen molar-refractivity contribution in [3.05, 3.63) is 129 Å². The first-order chi connectivity index (χ1) is 16.5. The highest BCUT2D eigenvalue weighted by atomic mass is 16.2. The quantitative estimate of drug-likeness (QED) is 0.431. The molecule has 34 heavy (non-hydrogen) atoms. The van der Waals surface area contributed by atoms with Gasteiger partial charge in [-0.2, -0.15) is 0 Å². The molecule has 0 aliphatic carbocycles. The minimum atomic E-state index is -0.386. The summed E-state index contributed by atoms with van der Waals surface area (Å²) in [5, 5.41) is 2.75. The van der Waals surface area contributed by atoms with Crippen molar-refractivity contribution in [2.24, 2.45) is 7.05 Å². The molecule has 0 saturated carbocycles. The Hall–Kier alpha value is -4.45. The van der Waals surface area contributed by atoms with Gasteiger partial charge in [-0.25, -0.2) is 4.68 Å². The fraction of sp³-hybridized carbons (Fsp3) is 0.107. The number of carbonyl (C=O) groups is 2. The van der Waals surface area contributed by atoms with Gasteiger partial charge in [0.25, 0.3) is 11.5 Å². The zero-order valence-corrected chi connectivity index (χ0v) is 19.1. The summed E-state index contributed by atoms with van der Waals surface area (Å²) in [6, 6.07) is 27.2. The summed E-state index contributed by atoms with van der Waals surface area (Å²) in [5.74, 6) is -0.734. The van der Waals surface area contributed by atoms with E-state index in [1.807, 2.05) is 73.7 Å².